The number of primary amides is 1. The number of benzene rings is 1. The molecule has 0 spiro atoms. The number of thioether (sulfide) groups is 1. The first-order valence-corrected chi connectivity index (χ1v) is 9.13. The minimum absolute atomic E-state index is 0.484. The lowest BCUT2D eigenvalue weighted by atomic mass is 10.2. The summed E-state index contributed by atoms with van der Waals surface area (Å²) in [6.45, 7) is 2.87. The molecule has 1 heterocycles. The summed E-state index contributed by atoms with van der Waals surface area (Å²) >= 11 is 7.15. The predicted molar refractivity (Wildman–Crippen MR) is 100 cm³/mol. The fourth-order valence-electron chi connectivity index (χ4n) is 2.19. The van der Waals surface area contributed by atoms with Crippen molar-refractivity contribution in [2.45, 2.75) is 30.3 Å². The minimum Gasteiger partial charge on any atom is -0.385 e. The summed E-state index contributed by atoms with van der Waals surface area (Å²) in [6, 6.07) is 6.39. The second-order valence-electron chi connectivity index (χ2n) is 5.42. The van der Waals surface area contributed by atoms with Crippen molar-refractivity contribution in [1.82, 2.24) is 20.1 Å². The van der Waals surface area contributed by atoms with Gasteiger partial charge in [0.2, 0.25) is 5.91 Å². The molecule has 3 amide bonds. The van der Waals surface area contributed by atoms with Crippen LogP contribution in [0.2, 0.25) is 5.02 Å². The van der Waals surface area contributed by atoms with E-state index in [1.165, 1.54) is 11.8 Å². The fourth-order valence-corrected chi connectivity index (χ4v) is 3.19. The maximum absolute atomic E-state index is 11.9. The van der Waals surface area contributed by atoms with Crippen LogP contribution in [0, 0.1) is 0 Å². The van der Waals surface area contributed by atoms with E-state index in [1.807, 2.05) is 16.7 Å². The number of ether oxygens (including phenoxy) is 1. The average Bonchev–Trinajstić information content (AvgIpc) is 2.98. The zero-order valence-electron chi connectivity index (χ0n) is 14.4. The van der Waals surface area contributed by atoms with Gasteiger partial charge in [-0.25, -0.2) is 4.79 Å². The zero-order chi connectivity index (χ0) is 19.1. The number of nitrogens with zero attached hydrogens (tertiary/aromatic N) is 3. The molecular weight excluding hydrogens is 378 g/mol. The molecule has 3 N–H and O–H groups in total. The van der Waals surface area contributed by atoms with Gasteiger partial charge in [0, 0.05) is 30.8 Å². The predicted octanol–water partition coefficient (Wildman–Crippen LogP) is 2.31. The first-order chi connectivity index (χ1) is 12.4. The van der Waals surface area contributed by atoms with Gasteiger partial charge < -0.3 is 15.0 Å². The molecule has 0 aliphatic heterocycles. The fraction of sp³-hybridized carbons (Fsp3) is 0.375. The molecule has 26 heavy (non-hydrogen) atoms. The molecule has 0 unspecified atom stereocenters. The number of nitrogens with one attached hydrogen (secondary N) is 1. The highest BCUT2D eigenvalue weighted by atomic mass is 35.5. The minimum atomic E-state index is -0.883. The van der Waals surface area contributed by atoms with Crippen molar-refractivity contribution in [2.24, 2.45) is 5.73 Å². The van der Waals surface area contributed by atoms with Crippen molar-refractivity contribution >= 4 is 35.3 Å². The number of amides is 3. The van der Waals surface area contributed by atoms with E-state index in [1.54, 1.807) is 26.2 Å². The van der Waals surface area contributed by atoms with E-state index >= 15 is 0 Å². The van der Waals surface area contributed by atoms with E-state index < -0.39 is 17.2 Å². The van der Waals surface area contributed by atoms with Crippen LogP contribution in [0.5, 0.6) is 0 Å². The number of hydrogen-bond donors (Lipinski definition) is 2. The maximum atomic E-state index is 11.9. The second kappa shape index (κ2) is 9.56. The van der Waals surface area contributed by atoms with Crippen molar-refractivity contribution in [2.75, 3.05) is 13.7 Å². The molecule has 10 heteroatoms. The molecule has 2 aromatic rings. The van der Waals surface area contributed by atoms with Gasteiger partial charge in [-0.3, -0.25) is 10.1 Å². The summed E-state index contributed by atoms with van der Waals surface area (Å²) in [5.74, 6) is 0.185. The van der Waals surface area contributed by atoms with Crippen molar-refractivity contribution in [3.8, 4) is 11.4 Å². The summed E-state index contributed by atoms with van der Waals surface area (Å²) in [5.41, 5.74) is 5.85. The molecule has 8 nitrogen and oxygen atoms in total. The monoisotopic (exact) mass is 397 g/mol. The highest BCUT2D eigenvalue weighted by Crippen LogP contribution is 2.28. The number of methoxy groups -OCH3 is 1. The number of nitrogens with two attached hydrogens (primary N) is 1. The Bertz CT molecular complexity index is 766. The maximum Gasteiger partial charge on any atom is 0.318 e. The first kappa shape index (κ1) is 20.2. The van der Waals surface area contributed by atoms with Gasteiger partial charge in [0.25, 0.3) is 0 Å². The van der Waals surface area contributed by atoms with Crippen LogP contribution >= 0.6 is 23.4 Å². The summed E-state index contributed by atoms with van der Waals surface area (Å²) in [6.07, 6.45) is 0.755. The van der Waals surface area contributed by atoms with Crippen molar-refractivity contribution < 1.29 is 14.3 Å². The van der Waals surface area contributed by atoms with Gasteiger partial charge in [0.1, 0.15) is 0 Å². The Labute approximate surface area is 160 Å². The normalized spacial score (nSPS) is 12.0. The van der Waals surface area contributed by atoms with Gasteiger partial charge in [0.15, 0.2) is 11.0 Å². The van der Waals surface area contributed by atoms with Crippen LogP contribution in [0.25, 0.3) is 11.4 Å². The molecule has 0 aliphatic rings. The topological polar surface area (TPSA) is 112 Å². The third-order valence-corrected chi connectivity index (χ3v) is 4.78. The lowest BCUT2D eigenvalue weighted by molar-refractivity contribution is -0.119. The highest BCUT2D eigenvalue weighted by molar-refractivity contribution is 8.00. The van der Waals surface area contributed by atoms with Gasteiger partial charge in [-0.15, -0.1) is 10.2 Å². The molecule has 140 valence electrons. The van der Waals surface area contributed by atoms with E-state index in [-0.39, 0.29) is 0 Å². The molecule has 0 saturated heterocycles. The van der Waals surface area contributed by atoms with Gasteiger partial charge in [-0.1, -0.05) is 23.4 Å². The number of halogens is 1. The Morgan fingerprint density at radius 2 is 2.04 bits per heavy atom. The highest BCUT2D eigenvalue weighted by Gasteiger charge is 2.21. The van der Waals surface area contributed by atoms with Gasteiger partial charge in [0.05, 0.1) is 5.25 Å². The van der Waals surface area contributed by atoms with Crippen LogP contribution < -0.4 is 11.1 Å². The number of carbonyl (C=O) groups is 2. The standard InChI is InChI=1S/C16H20ClN5O3S/c1-10(14(23)19-15(18)24)26-16-21-20-13(22(16)8-3-9-25-2)11-4-6-12(17)7-5-11/h4-7,10H,3,8-9H2,1-2H3,(H3,18,19,23,24)/t10-/m1/s1. The second-order valence-corrected chi connectivity index (χ2v) is 7.17. The van der Waals surface area contributed by atoms with Crippen molar-refractivity contribution in [1.29, 1.82) is 0 Å². The number of hydrogen-bond acceptors (Lipinski definition) is 6. The lowest BCUT2D eigenvalue weighted by Crippen LogP contribution is -2.39. The van der Waals surface area contributed by atoms with E-state index in [0.29, 0.717) is 29.2 Å². The largest absolute Gasteiger partial charge is 0.385 e. The summed E-state index contributed by atoms with van der Waals surface area (Å²) in [7, 11) is 1.64. The Kier molecular flexibility index (Phi) is 7.43. The van der Waals surface area contributed by atoms with Crippen LogP contribution in [0.4, 0.5) is 4.79 Å². The Morgan fingerprint density at radius 3 is 2.65 bits per heavy atom. The average molecular weight is 398 g/mol. The Morgan fingerprint density at radius 1 is 1.35 bits per heavy atom. The van der Waals surface area contributed by atoms with Crippen LogP contribution in [0.1, 0.15) is 13.3 Å². The quantitative estimate of drug-likeness (QED) is 0.522. The molecule has 0 fully saturated rings. The van der Waals surface area contributed by atoms with Gasteiger partial charge in [-0.05, 0) is 37.6 Å². The molecule has 0 radical (unpaired) electrons. The summed E-state index contributed by atoms with van der Waals surface area (Å²) in [5, 5.41) is 11.2. The molecular formula is C16H20ClN5O3S. The van der Waals surface area contributed by atoms with Crippen LogP contribution in [-0.4, -0.2) is 45.7 Å². The number of imide groups is 1. The number of aromatic nitrogens is 3. The summed E-state index contributed by atoms with van der Waals surface area (Å²) in [4.78, 5) is 22.8. The van der Waals surface area contributed by atoms with Crippen LogP contribution in [0.15, 0.2) is 29.4 Å². The Hall–Kier alpha value is -2.10. The SMILES string of the molecule is COCCCn1c(S[C@H](C)C(=O)NC(N)=O)nnc1-c1ccc(Cl)cc1. The third kappa shape index (κ3) is 5.45. The van der Waals surface area contributed by atoms with Crippen molar-refractivity contribution in [3.63, 3.8) is 0 Å². The molecule has 0 bridgehead atoms. The smallest absolute Gasteiger partial charge is 0.318 e. The number of rotatable bonds is 8. The molecule has 1 aromatic heterocycles. The van der Waals surface area contributed by atoms with Crippen LogP contribution in [-0.2, 0) is 16.1 Å². The van der Waals surface area contributed by atoms with E-state index in [2.05, 4.69) is 15.5 Å². The van der Waals surface area contributed by atoms with E-state index in [0.717, 1.165) is 12.0 Å². The molecule has 2 rings (SSSR count). The third-order valence-electron chi connectivity index (χ3n) is 3.45. The zero-order valence-corrected chi connectivity index (χ0v) is 16.0. The van der Waals surface area contributed by atoms with E-state index in [4.69, 9.17) is 22.1 Å². The molecule has 1 atom stereocenters. The first-order valence-electron chi connectivity index (χ1n) is 7.87. The van der Waals surface area contributed by atoms with Crippen molar-refractivity contribution in [3.05, 3.63) is 29.3 Å². The number of urea groups is 1. The Balaban J connectivity index is 2.26. The molecule has 0 saturated carbocycles. The molecule has 1 aromatic carbocycles. The lowest BCUT2D eigenvalue weighted by Gasteiger charge is -2.13. The van der Waals surface area contributed by atoms with Gasteiger partial charge >= 0.3 is 6.03 Å². The van der Waals surface area contributed by atoms with Crippen LogP contribution in [0.3, 0.4) is 0 Å². The summed E-state index contributed by atoms with van der Waals surface area (Å²) < 4.78 is 7.03. The van der Waals surface area contributed by atoms with Gasteiger partial charge in [-0.2, -0.15) is 0 Å². The van der Waals surface area contributed by atoms with E-state index in [9.17, 15) is 9.59 Å². The molecule has 0 aliphatic carbocycles. The number of carbonyl (C=O) groups excluding carboxylic acids is 2.